The standard InChI is InChI=1S/C29H28NO4P/c1-18(2)23-17-31-28(30-23)29(3,4)34-35-32-24-15-13-19-9-5-7-11-21(19)26(24)27-22-12-8-6-10-20(22)14-16-25(27)33-35/h5-16,18,23H,17H2,1-4H3/t23-/m0/s1. The lowest BCUT2D eigenvalue weighted by Crippen LogP contribution is -2.37. The van der Waals surface area contributed by atoms with Gasteiger partial charge in [-0.05, 0) is 53.4 Å². The summed E-state index contributed by atoms with van der Waals surface area (Å²) in [5.41, 5.74) is 0.693. The van der Waals surface area contributed by atoms with E-state index in [0.717, 1.165) is 43.5 Å². The molecule has 0 saturated carbocycles. The van der Waals surface area contributed by atoms with Crippen LogP contribution in [0.5, 0.6) is 0 Å². The first-order valence-electron chi connectivity index (χ1n) is 12.0. The van der Waals surface area contributed by atoms with E-state index in [2.05, 4.69) is 74.5 Å². The molecule has 178 valence electrons. The molecule has 1 aliphatic heterocycles. The molecule has 5 aromatic rings. The van der Waals surface area contributed by atoms with Crippen LogP contribution in [-0.2, 0) is 4.74 Å². The normalized spacial score (nSPS) is 16.4. The first kappa shape index (κ1) is 22.2. The summed E-state index contributed by atoms with van der Waals surface area (Å²) in [6.45, 7) is 8.79. The van der Waals surface area contributed by atoms with Crippen LogP contribution in [0, 0.1) is 5.92 Å². The monoisotopic (exact) mass is 485 g/mol. The Balaban J connectivity index is 1.62. The third kappa shape index (κ3) is 3.89. The number of ether oxygens (including phenoxy) is 1. The zero-order valence-corrected chi connectivity index (χ0v) is 21.2. The molecule has 1 aromatic heterocycles. The van der Waals surface area contributed by atoms with Crippen molar-refractivity contribution in [3.8, 4) is 0 Å². The Morgan fingerprint density at radius 3 is 1.89 bits per heavy atom. The van der Waals surface area contributed by atoms with E-state index in [4.69, 9.17) is 22.6 Å². The zero-order valence-electron chi connectivity index (χ0n) is 20.3. The van der Waals surface area contributed by atoms with E-state index < -0.39 is 13.8 Å². The van der Waals surface area contributed by atoms with Gasteiger partial charge >= 0.3 is 8.24 Å². The minimum absolute atomic E-state index is 0.135. The second-order valence-electron chi connectivity index (χ2n) is 9.88. The van der Waals surface area contributed by atoms with E-state index >= 15 is 0 Å². The maximum absolute atomic E-state index is 6.48. The van der Waals surface area contributed by atoms with Gasteiger partial charge in [0, 0.05) is 10.8 Å². The summed E-state index contributed by atoms with van der Waals surface area (Å²) >= 11 is 0. The Hall–Kier alpha value is -3.27. The molecule has 0 radical (unpaired) electrons. The number of hydrogen-bond donors (Lipinski definition) is 0. The molecule has 35 heavy (non-hydrogen) atoms. The SMILES string of the molecule is CC(C)[C@@H]1COC(C(C)(C)Op2oc3ccc4ccccc4c3c3c(ccc4ccccc43)o2)=N1. The summed E-state index contributed by atoms with van der Waals surface area (Å²) in [7, 11) is -1.78. The lowest BCUT2D eigenvalue weighted by molar-refractivity contribution is 0.185. The van der Waals surface area contributed by atoms with Crippen LogP contribution in [0.1, 0.15) is 27.7 Å². The Morgan fingerprint density at radius 1 is 0.829 bits per heavy atom. The molecule has 2 heterocycles. The maximum Gasteiger partial charge on any atom is 0.388 e. The smallest absolute Gasteiger partial charge is 0.388 e. The van der Waals surface area contributed by atoms with E-state index in [-0.39, 0.29) is 6.04 Å². The van der Waals surface area contributed by atoms with Crippen molar-refractivity contribution in [2.75, 3.05) is 6.61 Å². The first-order valence-corrected chi connectivity index (χ1v) is 13.1. The fraction of sp³-hybridized carbons (Fsp3) is 0.276. The molecule has 0 fully saturated rings. The minimum atomic E-state index is -1.78. The molecular weight excluding hydrogens is 457 g/mol. The second-order valence-corrected chi connectivity index (χ2v) is 10.9. The fourth-order valence-electron chi connectivity index (χ4n) is 4.67. The highest BCUT2D eigenvalue weighted by molar-refractivity contribution is 7.32. The van der Waals surface area contributed by atoms with Crippen molar-refractivity contribution in [1.29, 1.82) is 0 Å². The van der Waals surface area contributed by atoms with Crippen LogP contribution in [-0.4, -0.2) is 24.1 Å². The highest BCUT2D eigenvalue weighted by Gasteiger charge is 2.36. The molecule has 1 aliphatic rings. The summed E-state index contributed by atoms with van der Waals surface area (Å²) in [5, 5.41) is 6.58. The average molecular weight is 486 g/mol. The van der Waals surface area contributed by atoms with Gasteiger partial charge in [0.25, 0.3) is 0 Å². The Kier molecular flexibility index (Phi) is 5.36. The van der Waals surface area contributed by atoms with Crippen LogP contribution in [0.15, 0.2) is 86.2 Å². The van der Waals surface area contributed by atoms with E-state index in [1.54, 1.807) is 0 Å². The van der Waals surface area contributed by atoms with Gasteiger partial charge < -0.3 is 13.1 Å². The predicted molar refractivity (Wildman–Crippen MR) is 144 cm³/mol. The highest BCUT2D eigenvalue weighted by atomic mass is 31.1. The van der Waals surface area contributed by atoms with Crippen molar-refractivity contribution in [2.45, 2.75) is 39.3 Å². The van der Waals surface area contributed by atoms with Crippen LogP contribution < -0.4 is 4.52 Å². The van der Waals surface area contributed by atoms with Gasteiger partial charge in [-0.2, -0.15) is 0 Å². The third-order valence-corrected chi connectivity index (χ3v) is 7.94. The number of benzene rings is 4. The summed E-state index contributed by atoms with van der Waals surface area (Å²) in [6, 6.07) is 25.1. The van der Waals surface area contributed by atoms with Crippen LogP contribution in [0.3, 0.4) is 0 Å². The Labute approximate surface area is 205 Å². The molecule has 0 aliphatic carbocycles. The molecule has 4 aromatic carbocycles. The fourth-order valence-corrected chi connectivity index (χ4v) is 5.86. The van der Waals surface area contributed by atoms with E-state index in [9.17, 15) is 0 Å². The first-order chi connectivity index (χ1) is 16.9. The number of nitrogens with zero attached hydrogens (tertiary/aromatic N) is 1. The Bertz CT molecular complexity index is 1550. The number of aliphatic imine (C=N–C) groups is 1. The number of hydrogen-bond acceptors (Lipinski definition) is 5. The summed E-state index contributed by atoms with van der Waals surface area (Å²) in [5.74, 6) is 0.993. The predicted octanol–water partition coefficient (Wildman–Crippen LogP) is 8.26. The molecule has 6 rings (SSSR count). The van der Waals surface area contributed by atoms with Crippen molar-refractivity contribution in [1.82, 2.24) is 0 Å². The van der Waals surface area contributed by atoms with Crippen molar-refractivity contribution < 1.29 is 17.7 Å². The van der Waals surface area contributed by atoms with Gasteiger partial charge in [-0.1, -0.05) is 74.5 Å². The Morgan fingerprint density at radius 2 is 1.37 bits per heavy atom. The molecule has 0 bridgehead atoms. The summed E-state index contributed by atoms with van der Waals surface area (Å²) < 4.78 is 25.4. The third-order valence-electron chi connectivity index (χ3n) is 6.64. The van der Waals surface area contributed by atoms with Crippen LogP contribution in [0.2, 0.25) is 0 Å². The number of fused-ring (bicyclic) bond motifs is 7. The molecule has 0 saturated heterocycles. The molecular formula is C29H28NO4P. The van der Waals surface area contributed by atoms with Crippen LogP contribution in [0.25, 0.3) is 43.5 Å². The van der Waals surface area contributed by atoms with Crippen molar-refractivity contribution >= 4 is 57.6 Å². The largest absolute Gasteiger partial charge is 0.477 e. The maximum atomic E-state index is 6.48. The molecule has 0 unspecified atom stereocenters. The minimum Gasteiger partial charge on any atom is -0.477 e. The molecule has 6 heteroatoms. The van der Waals surface area contributed by atoms with Gasteiger partial charge in [0.1, 0.15) is 17.8 Å². The van der Waals surface area contributed by atoms with Crippen molar-refractivity contribution in [2.24, 2.45) is 10.9 Å². The van der Waals surface area contributed by atoms with Gasteiger partial charge in [-0.25, -0.2) is 4.99 Å². The van der Waals surface area contributed by atoms with Gasteiger partial charge in [0.05, 0.1) is 6.04 Å². The topological polar surface area (TPSA) is 57.1 Å². The number of rotatable bonds is 4. The van der Waals surface area contributed by atoms with E-state index in [0.29, 0.717) is 18.4 Å². The van der Waals surface area contributed by atoms with Gasteiger partial charge in [0.15, 0.2) is 5.60 Å². The molecule has 0 spiro atoms. The highest BCUT2D eigenvalue weighted by Crippen LogP contribution is 2.41. The van der Waals surface area contributed by atoms with E-state index in [1.165, 1.54) is 0 Å². The quantitative estimate of drug-likeness (QED) is 0.257. The second kappa shape index (κ2) is 8.44. The summed E-state index contributed by atoms with van der Waals surface area (Å²) in [4.78, 5) is 4.79. The summed E-state index contributed by atoms with van der Waals surface area (Å²) in [6.07, 6.45) is 0. The lowest BCUT2D eigenvalue weighted by atomic mass is 9.99. The van der Waals surface area contributed by atoms with Crippen LogP contribution in [0.4, 0.5) is 0 Å². The molecule has 5 nitrogen and oxygen atoms in total. The molecule has 1 atom stereocenters. The van der Waals surface area contributed by atoms with E-state index in [1.807, 2.05) is 26.0 Å². The lowest BCUT2D eigenvalue weighted by Gasteiger charge is -2.21. The van der Waals surface area contributed by atoms with Gasteiger partial charge in [-0.3, -0.25) is 4.52 Å². The van der Waals surface area contributed by atoms with Crippen LogP contribution >= 0.6 is 8.24 Å². The van der Waals surface area contributed by atoms with Gasteiger partial charge in [-0.15, -0.1) is 0 Å². The van der Waals surface area contributed by atoms with Crippen molar-refractivity contribution in [3.05, 3.63) is 72.8 Å². The molecule has 0 N–H and O–H groups in total. The molecule has 0 amide bonds. The van der Waals surface area contributed by atoms with Crippen molar-refractivity contribution in [3.63, 3.8) is 0 Å². The average Bonchev–Trinajstić information content (AvgIpc) is 3.30. The zero-order chi connectivity index (χ0) is 24.2. The van der Waals surface area contributed by atoms with Gasteiger partial charge in [0.2, 0.25) is 5.90 Å².